The lowest BCUT2D eigenvalue weighted by Crippen LogP contribution is -2.42. The van der Waals surface area contributed by atoms with E-state index in [2.05, 4.69) is 31.2 Å². The van der Waals surface area contributed by atoms with Crippen LogP contribution < -0.4 is 5.32 Å². The van der Waals surface area contributed by atoms with Crippen molar-refractivity contribution < 1.29 is 14.1 Å². The molecule has 140 valence electrons. The zero-order valence-corrected chi connectivity index (χ0v) is 16.3. The van der Waals surface area contributed by atoms with Crippen LogP contribution in [0.1, 0.15) is 56.3 Å². The van der Waals surface area contributed by atoms with Gasteiger partial charge in [0.15, 0.2) is 5.82 Å². The van der Waals surface area contributed by atoms with Crippen molar-refractivity contribution in [1.29, 1.82) is 0 Å². The van der Waals surface area contributed by atoms with Gasteiger partial charge >= 0.3 is 0 Å². The Morgan fingerprint density at radius 3 is 2.27 bits per heavy atom. The molecule has 0 saturated heterocycles. The molecule has 0 bridgehead atoms. The SMILES string of the molecule is Cc1cc(NC(=O)CN(C(=O)c2ccc(C(C)(C)C)cc2)C(C)C)no1. The van der Waals surface area contributed by atoms with Gasteiger partial charge in [-0.25, -0.2) is 0 Å². The minimum Gasteiger partial charge on any atom is -0.360 e. The zero-order chi connectivity index (χ0) is 19.5. The van der Waals surface area contributed by atoms with Gasteiger partial charge < -0.3 is 14.7 Å². The van der Waals surface area contributed by atoms with Crippen LogP contribution in [0.25, 0.3) is 0 Å². The number of nitrogens with zero attached hydrogens (tertiary/aromatic N) is 2. The Hall–Kier alpha value is -2.63. The number of aromatic nitrogens is 1. The summed E-state index contributed by atoms with van der Waals surface area (Å²) in [5.41, 5.74) is 1.75. The Morgan fingerprint density at radius 1 is 1.19 bits per heavy atom. The summed E-state index contributed by atoms with van der Waals surface area (Å²) in [7, 11) is 0. The first-order valence-corrected chi connectivity index (χ1v) is 8.72. The highest BCUT2D eigenvalue weighted by Crippen LogP contribution is 2.22. The monoisotopic (exact) mass is 357 g/mol. The van der Waals surface area contributed by atoms with Gasteiger partial charge in [-0.15, -0.1) is 0 Å². The highest BCUT2D eigenvalue weighted by atomic mass is 16.5. The molecule has 0 atom stereocenters. The Morgan fingerprint density at radius 2 is 1.81 bits per heavy atom. The number of nitrogens with one attached hydrogen (secondary N) is 1. The van der Waals surface area contributed by atoms with Crippen molar-refractivity contribution in [3.8, 4) is 0 Å². The van der Waals surface area contributed by atoms with E-state index in [4.69, 9.17) is 4.52 Å². The summed E-state index contributed by atoms with van der Waals surface area (Å²) >= 11 is 0. The highest BCUT2D eigenvalue weighted by molar-refractivity contribution is 5.99. The van der Waals surface area contributed by atoms with Crippen LogP contribution in [0.3, 0.4) is 0 Å². The summed E-state index contributed by atoms with van der Waals surface area (Å²) < 4.78 is 4.93. The fourth-order valence-electron chi connectivity index (χ4n) is 2.53. The van der Waals surface area contributed by atoms with Crippen LogP contribution in [0.15, 0.2) is 34.9 Å². The maximum atomic E-state index is 12.9. The van der Waals surface area contributed by atoms with Crippen LogP contribution in [0.2, 0.25) is 0 Å². The average molecular weight is 357 g/mol. The second kappa shape index (κ2) is 7.72. The molecule has 0 saturated carbocycles. The predicted molar refractivity (Wildman–Crippen MR) is 101 cm³/mol. The third-order valence-electron chi connectivity index (χ3n) is 4.09. The first-order valence-electron chi connectivity index (χ1n) is 8.72. The van der Waals surface area contributed by atoms with Crippen molar-refractivity contribution in [2.45, 2.75) is 53.0 Å². The maximum absolute atomic E-state index is 12.9. The van der Waals surface area contributed by atoms with Gasteiger partial charge in [-0.2, -0.15) is 0 Å². The van der Waals surface area contributed by atoms with Crippen molar-refractivity contribution in [3.63, 3.8) is 0 Å². The third-order valence-corrected chi connectivity index (χ3v) is 4.09. The Labute approximate surface area is 154 Å². The van der Waals surface area contributed by atoms with E-state index in [9.17, 15) is 9.59 Å². The number of hydrogen-bond acceptors (Lipinski definition) is 4. The van der Waals surface area contributed by atoms with Crippen LogP contribution in [0.5, 0.6) is 0 Å². The summed E-state index contributed by atoms with van der Waals surface area (Å²) in [6, 6.07) is 9.07. The number of aryl methyl sites for hydroxylation is 1. The molecule has 6 nitrogen and oxygen atoms in total. The normalized spacial score (nSPS) is 11.5. The van der Waals surface area contributed by atoms with E-state index in [1.165, 1.54) is 4.90 Å². The summed E-state index contributed by atoms with van der Waals surface area (Å²) in [5, 5.41) is 6.38. The predicted octanol–water partition coefficient (Wildman–Crippen LogP) is 3.77. The minimum absolute atomic E-state index is 0.0227. The van der Waals surface area contributed by atoms with Crippen molar-refractivity contribution in [3.05, 3.63) is 47.2 Å². The Bertz CT molecular complexity index is 770. The van der Waals surface area contributed by atoms with Crippen LogP contribution in [-0.4, -0.2) is 34.5 Å². The lowest BCUT2D eigenvalue weighted by Gasteiger charge is -2.26. The second-order valence-electron chi connectivity index (χ2n) is 7.73. The largest absolute Gasteiger partial charge is 0.360 e. The number of hydrogen-bond donors (Lipinski definition) is 1. The molecule has 0 fully saturated rings. The highest BCUT2D eigenvalue weighted by Gasteiger charge is 2.23. The van der Waals surface area contributed by atoms with E-state index in [1.807, 2.05) is 38.1 Å². The van der Waals surface area contributed by atoms with E-state index in [-0.39, 0.29) is 29.8 Å². The van der Waals surface area contributed by atoms with Gasteiger partial charge in [-0.3, -0.25) is 9.59 Å². The van der Waals surface area contributed by atoms with Crippen molar-refractivity contribution in [1.82, 2.24) is 10.1 Å². The fourth-order valence-corrected chi connectivity index (χ4v) is 2.53. The van der Waals surface area contributed by atoms with Gasteiger partial charge in [0.1, 0.15) is 12.3 Å². The van der Waals surface area contributed by atoms with E-state index < -0.39 is 0 Å². The number of benzene rings is 1. The lowest BCUT2D eigenvalue weighted by atomic mass is 9.86. The molecule has 1 aromatic carbocycles. The molecule has 2 rings (SSSR count). The summed E-state index contributed by atoms with van der Waals surface area (Å²) in [6.07, 6.45) is 0. The fraction of sp³-hybridized carbons (Fsp3) is 0.450. The van der Waals surface area contributed by atoms with Crippen molar-refractivity contribution in [2.75, 3.05) is 11.9 Å². The standard InChI is InChI=1S/C20H27N3O3/c1-13(2)23(12-18(24)21-17-11-14(3)26-22-17)19(25)15-7-9-16(10-8-15)20(4,5)6/h7-11,13H,12H2,1-6H3,(H,21,22,24). The molecule has 0 unspecified atom stereocenters. The molecular weight excluding hydrogens is 330 g/mol. The van der Waals surface area contributed by atoms with E-state index in [0.717, 1.165) is 5.56 Å². The smallest absolute Gasteiger partial charge is 0.254 e. The van der Waals surface area contributed by atoms with Crippen molar-refractivity contribution in [2.24, 2.45) is 0 Å². The number of carbonyl (C=O) groups is 2. The van der Waals surface area contributed by atoms with Gasteiger partial charge in [0.2, 0.25) is 5.91 Å². The molecule has 2 aromatic rings. The van der Waals surface area contributed by atoms with E-state index in [1.54, 1.807) is 13.0 Å². The van der Waals surface area contributed by atoms with Gasteiger partial charge in [-0.1, -0.05) is 38.1 Å². The molecule has 0 spiro atoms. The van der Waals surface area contributed by atoms with Crippen LogP contribution in [0.4, 0.5) is 5.82 Å². The molecule has 6 heteroatoms. The summed E-state index contributed by atoms with van der Waals surface area (Å²) in [4.78, 5) is 26.7. The zero-order valence-electron chi connectivity index (χ0n) is 16.3. The molecule has 26 heavy (non-hydrogen) atoms. The van der Waals surface area contributed by atoms with Gasteiger partial charge in [0, 0.05) is 17.7 Å². The van der Waals surface area contributed by atoms with Gasteiger partial charge in [0.05, 0.1) is 0 Å². The van der Waals surface area contributed by atoms with Gasteiger partial charge in [0.25, 0.3) is 5.91 Å². The average Bonchev–Trinajstić information content (AvgIpc) is 2.96. The lowest BCUT2D eigenvalue weighted by molar-refractivity contribution is -0.117. The number of carbonyl (C=O) groups excluding carboxylic acids is 2. The number of anilines is 1. The molecule has 0 aliphatic carbocycles. The molecular formula is C20H27N3O3. The molecule has 2 amide bonds. The number of rotatable bonds is 5. The Balaban J connectivity index is 2.10. The minimum atomic E-state index is -0.313. The molecule has 0 radical (unpaired) electrons. The number of amides is 2. The van der Waals surface area contributed by atoms with E-state index >= 15 is 0 Å². The third kappa shape index (κ3) is 4.94. The quantitative estimate of drug-likeness (QED) is 0.884. The van der Waals surface area contributed by atoms with Crippen LogP contribution in [0, 0.1) is 6.92 Å². The summed E-state index contributed by atoms with van der Waals surface area (Å²) in [6.45, 7) is 11.8. The molecule has 1 heterocycles. The summed E-state index contributed by atoms with van der Waals surface area (Å²) in [5.74, 6) is 0.466. The van der Waals surface area contributed by atoms with Crippen LogP contribution >= 0.6 is 0 Å². The van der Waals surface area contributed by atoms with Crippen molar-refractivity contribution >= 4 is 17.6 Å². The molecule has 0 aliphatic rings. The Kier molecular flexibility index (Phi) is 5.85. The van der Waals surface area contributed by atoms with Crippen LogP contribution in [-0.2, 0) is 10.2 Å². The van der Waals surface area contributed by atoms with E-state index in [0.29, 0.717) is 17.1 Å². The molecule has 1 aromatic heterocycles. The first kappa shape index (κ1) is 19.7. The molecule has 0 aliphatic heterocycles. The van der Waals surface area contributed by atoms with Gasteiger partial charge in [-0.05, 0) is 43.9 Å². The molecule has 1 N–H and O–H groups in total. The maximum Gasteiger partial charge on any atom is 0.254 e. The first-order chi connectivity index (χ1) is 12.1. The topological polar surface area (TPSA) is 75.4 Å². The second-order valence-corrected chi connectivity index (χ2v) is 7.73.